The van der Waals surface area contributed by atoms with Crippen molar-refractivity contribution >= 4 is 29.7 Å². The summed E-state index contributed by atoms with van der Waals surface area (Å²) in [6, 6.07) is 3.35. The smallest absolute Gasteiger partial charge is 0.320 e. The van der Waals surface area contributed by atoms with Gasteiger partial charge in [0.15, 0.2) is 0 Å². The highest BCUT2D eigenvalue weighted by molar-refractivity contribution is 7.13. The molecule has 2 heterocycles. The van der Waals surface area contributed by atoms with Gasteiger partial charge in [-0.15, -0.1) is 23.7 Å². The largest absolute Gasteiger partial charge is 0.480 e. The molecule has 0 aromatic carbocycles. The van der Waals surface area contributed by atoms with E-state index in [0.29, 0.717) is 18.9 Å². The number of nitrogens with one attached hydrogen (secondary N) is 1. The van der Waals surface area contributed by atoms with Gasteiger partial charge in [-0.05, 0) is 24.8 Å². The number of hydrogen-bond acceptors (Lipinski definition) is 5. The van der Waals surface area contributed by atoms with Crippen LogP contribution in [0.5, 0.6) is 0 Å². The van der Waals surface area contributed by atoms with Crippen LogP contribution in [0.2, 0.25) is 0 Å². The number of aliphatic carboxylic acids is 1. The van der Waals surface area contributed by atoms with Crippen LogP contribution in [-0.2, 0) is 11.3 Å². The van der Waals surface area contributed by atoms with E-state index in [0.717, 1.165) is 22.8 Å². The molecule has 2 aromatic heterocycles. The van der Waals surface area contributed by atoms with Crippen molar-refractivity contribution in [1.29, 1.82) is 0 Å². The van der Waals surface area contributed by atoms with Crippen LogP contribution in [-0.4, -0.2) is 22.1 Å². The molecule has 7 heteroatoms. The highest BCUT2D eigenvalue weighted by Gasteiger charge is 2.18. The zero-order chi connectivity index (χ0) is 14.5. The van der Waals surface area contributed by atoms with Gasteiger partial charge in [-0.2, -0.15) is 0 Å². The Bertz CT molecular complexity index is 569. The van der Waals surface area contributed by atoms with Crippen molar-refractivity contribution in [3.05, 3.63) is 29.0 Å². The van der Waals surface area contributed by atoms with Crippen LogP contribution in [0.3, 0.4) is 0 Å². The molecule has 0 saturated heterocycles. The second-order valence-corrected chi connectivity index (χ2v) is 5.51. The van der Waals surface area contributed by atoms with Crippen LogP contribution in [0.15, 0.2) is 21.9 Å². The SMILES string of the molecule is CCCC(NCc1nc(-c2cccs2)oc1C)C(=O)O.Cl. The van der Waals surface area contributed by atoms with Gasteiger partial charge in [-0.3, -0.25) is 10.1 Å². The number of halogens is 1. The molecule has 0 aliphatic rings. The molecular weight excluding hydrogens is 312 g/mol. The maximum atomic E-state index is 11.1. The van der Waals surface area contributed by atoms with Gasteiger partial charge in [-0.1, -0.05) is 19.4 Å². The topological polar surface area (TPSA) is 75.4 Å². The molecule has 1 atom stereocenters. The average Bonchev–Trinajstić information content (AvgIpc) is 3.03. The Morgan fingerprint density at radius 3 is 2.90 bits per heavy atom. The monoisotopic (exact) mass is 330 g/mol. The Labute approximate surface area is 133 Å². The van der Waals surface area contributed by atoms with Gasteiger partial charge in [0.25, 0.3) is 0 Å². The number of hydrogen-bond donors (Lipinski definition) is 2. The minimum Gasteiger partial charge on any atom is -0.480 e. The van der Waals surface area contributed by atoms with E-state index < -0.39 is 12.0 Å². The maximum absolute atomic E-state index is 11.1. The standard InChI is InChI=1S/C14H18N2O3S.ClH/c1-3-5-10(14(17)18)15-8-11-9(2)19-13(16-11)12-6-4-7-20-12;/h4,6-7,10,15H,3,5,8H2,1-2H3,(H,17,18);1H. The molecule has 0 bridgehead atoms. The number of aromatic nitrogens is 1. The number of thiophene rings is 1. The fourth-order valence-corrected chi connectivity index (χ4v) is 2.57. The Kier molecular flexibility index (Phi) is 6.87. The molecule has 2 aromatic rings. The van der Waals surface area contributed by atoms with E-state index in [9.17, 15) is 4.79 Å². The zero-order valence-corrected chi connectivity index (χ0v) is 13.6. The van der Waals surface area contributed by atoms with E-state index in [4.69, 9.17) is 9.52 Å². The third-order valence-electron chi connectivity index (χ3n) is 3.02. The third-order valence-corrected chi connectivity index (χ3v) is 3.87. The number of aryl methyl sites for hydroxylation is 1. The normalized spacial score (nSPS) is 11.9. The molecule has 0 aliphatic carbocycles. The van der Waals surface area contributed by atoms with Crippen molar-refractivity contribution in [3.8, 4) is 10.8 Å². The Morgan fingerprint density at radius 2 is 2.33 bits per heavy atom. The second-order valence-electron chi connectivity index (χ2n) is 4.56. The van der Waals surface area contributed by atoms with Crippen molar-refractivity contribution in [1.82, 2.24) is 10.3 Å². The first-order chi connectivity index (χ1) is 9.61. The van der Waals surface area contributed by atoms with Gasteiger partial charge in [0.1, 0.15) is 11.8 Å². The van der Waals surface area contributed by atoms with Crippen molar-refractivity contribution < 1.29 is 14.3 Å². The molecule has 0 radical (unpaired) electrons. The van der Waals surface area contributed by atoms with Crippen molar-refractivity contribution in [2.24, 2.45) is 0 Å². The van der Waals surface area contributed by atoms with Crippen LogP contribution in [0.4, 0.5) is 0 Å². The summed E-state index contributed by atoms with van der Waals surface area (Å²) in [4.78, 5) is 16.5. The average molecular weight is 331 g/mol. The molecule has 2 rings (SSSR count). The second kappa shape index (κ2) is 8.17. The molecule has 0 aliphatic heterocycles. The van der Waals surface area contributed by atoms with Crippen molar-refractivity contribution in [2.75, 3.05) is 0 Å². The summed E-state index contributed by atoms with van der Waals surface area (Å²) in [7, 11) is 0. The van der Waals surface area contributed by atoms with Gasteiger partial charge in [0, 0.05) is 6.54 Å². The number of rotatable bonds is 7. The van der Waals surface area contributed by atoms with Crippen LogP contribution in [0.25, 0.3) is 10.8 Å². The summed E-state index contributed by atoms with van der Waals surface area (Å²) in [5.74, 6) is 0.490. The Morgan fingerprint density at radius 1 is 1.57 bits per heavy atom. The molecular formula is C14H19ClN2O3S. The lowest BCUT2D eigenvalue weighted by molar-refractivity contribution is -0.139. The number of oxazole rings is 1. The first kappa shape index (κ1) is 17.7. The molecule has 1 unspecified atom stereocenters. The summed E-state index contributed by atoms with van der Waals surface area (Å²) in [6.45, 7) is 4.21. The Hall–Kier alpha value is -1.37. The highest BCUT2D eigenvalue weighted by Crippen LogP contribution is 2.25. The zero-order valence-electron chi connectivity index (χ0n) is 12.0. The molecule has 116 valence electrons. The molecule has 0 amide bonds. The minimum atomic E-state index is -0.827. The maximum Gasteiger partial charge on any atom is 0.320 e. The number of carboxylic acids is 1. The summed E-state index contributed by atoms with van der Waals surface area (Å²) in [6.07, 6.45) is 1.42. The van der Waals surface area contributed by atoms with Crippen LogP contribution >= 0.6 is 23.7 Å². The third kappa shape index (κ3) is 4.56. The van der Waals surface area contributed by atoms with E-state index in [1.807, 2.05) is 31.4 Å². The van der Waals surface area contributed by atoms with E-state index in [1.54, 1.807) is 11.3 Å². The first-order valence-electron chi connectivity index (χ1n) is 6.58. The fraction of sp³-hybridized carbons (Fsp3) is 0.429. The van der Waals surface area contributed by atoms with Gasteiger partial charge in [-0.25, -0.2) is 4.98 Å². The van der Waals surface area contributed by atoms with E-state index >= 15 is 0 Å². The van der Waals surface area contributed by atoms with Crippen molar-refractivity contribution in [2.45, 2.75) is 39.3 Å². The molecule has 21 heavy (non-hydrogen) atoms. The summed E-state index contributed by atoms with van der Waals surface area (Å²) in [5, 5.41) is 14.1. The molecule has 0 saturated carbocycles. The van der Waals surface area contributed by atoms with Gasteiger partial charge in [0.05, 0.1) is 10.6 Å². The molecule has 5 nitrogen and oxygen atoms in total. The highest BCUT2D eigenvalue weighted by atomic mass is 35.5. The van der Waals surface area contributed by atoms with Gasteiger partial charge < -0.3 is 9.52 Å². The number of carbonyl (C=O) groups is 1. The van der Waals surface area contributed by atoms with Crippen LogP contribution in [0, 0.1) is 6.92 Å². The quantitative estimate of drug-likeness (QED) is 0.813. The number of carboxylic acid groups (broad SMARTS) is 1. The molecule has 2 N–H and O–H groups in total. The van der Waals surface area contributed by atoms with Crippen LogP contribution < -0.4 is 5.32 Å². The molecule has 0 fully saturated rings. The summed E-state index contributed by atoms with van der Waals surface area (Å²) in [5.41, 5.74) is 0.760. The fourth-order valence-electron chi connectivity index (χ4n) is 1.92. The van der Waals surface area contributed by atoms with Crippen molar-refractivity contribution in [3.63, 3.8) is 0 Å². The van der Waals surface area contributed by atoms with Crippen LogP contribution in [0.1, 0.15) is 31.2 Å². The lowest BCUT2D eigenvalue weighted by atomic mass is 10.1. The lowest BCUT2D eigenvalue weighted by Crippen LogP contribution is -2.36. The van der Waals surface area contributed by atoms with Gasteiger partial charge in [0.2, 0.25) is 5.89 Å². The van der Waals surface area contributed by atoms with E-state index in [2.05, 4.69) is 10.3 Å². The lowest BCUT2D eigenvalue weighted by Gasteiger charge is -2.12. The van der Waals surface area contributed by atoms with E-state index in [-0.39, 0.29) is 12.4 Å². The Balaban J connectivity index is 0.00000220. The van der Waals surface area contributed by atoms with Gasteiger partial charge >= 0.3 is 5.97 Å². The predicted octanol–water partition coefficient (Wildman–Crippen LogP) is 3.48. The van der Waals surface area contributed by atoms with E-state index in [1.165, 1.54) is 0 Å². The predicted molar refractivity (Wildman–Crippen MR) is 85.0 cm³/mol. The first-order valence-corrected chi connectivity index (χ1v) is 7.46. The number of nitrogens with zero attached hydrogens (tertiary/aromatic N) is 1. The molecule has 0 spiro atoms. The summed E-state index contributed by atoms with van der Waals surface area (Å²) < 4.78 is 5.62. The summed E-state index contributed by atoms with van der Waals surface area (Å²) >= 11 is 1.56. The minimum absolute atomic E-state index is 0.